The van der Waals surface area contributed by atoms with E-state index in [0.29, 0.717) is 23.7 Å². The maximum absolute atomic E-state index is 12.5. The first-order valence-electron chi connectivity index (χ1n) is 8.96. The van der Waals surface area contributed by atoms with Crippen molar-refractivity contribution in [2.75, 3.05) is 19.0 Å². The summed E-state index contributed by atoms with van der Waals surface area (Å²) < 4.78 is 5.34. The van der Waals surface area contributed by atoms with Gasteiger partial charge in [-0.3, -0.25) is 9.78 Å². The minimum atomic E-state index is -0.221. The Labute approximate surface area is 169 Å². The molecule has 0 aliphatic carbocycles. The van der Waals surface area contributed by atoms with Crippen molar-refractivity contribution in [2.24, 2.45) is 0 Å². The lowest BCUT2D eigenvalue weighted by molar-refractivity contribution is 0.0949. The maximum atomic E-state index is 12.5. The van der Waals surface area contributed by atoms with Crippen molar-refractivity contribution in [3.8, 4) is 5.75 Å². The highest BCUT2D eigenvalue weighted by atomic mass is 35.5. The number of aromatic nitrogens is 1. The predicted molar refractivity (Wildman–Crippen MR) is 113 cm³/mol. The van der Waals surface area contributed by atoms with E-state index in [2.05, 4.69) is 15.6 Å². The standard InChI is InChI=1S/C22H22ClN3O2/c1-15-7-8-17(23)13-19(15)26-18-10-12-24-20(14-18)22(27)25-11-9-16-5-3-4-6-21(16)28-2/h3-8,10,12-14H,9,11H2,1-2H3,(H,24,26)(H,25,27). The van der Waals surface area contributed by atoms with Gasteiger partial charge in [0.2, 0.25) is 0 Å². The monoisotopic (exact) mass is 395 g/mol. The van der Waals surface area contributed by atoms with Gasteiger partial charge >= 0.3 is 0 Å². The molecule has 0 aliphatic heterocycles. The number of aryl methyl sites for hydroxylation is 1. The van der Waals surface area contributed by atoms with Gasteiger partial charge in [-0.2, -0.15) is 0 Å². The van der Waals surface area contributed by atoms with Gasteiger partial charge in [0.05, 0.1) is 7.11 Å². The summed E-state index contributed by atoms with van der Waals surface area (Å²) in [6.07, 6.45) is 2.28. The fraction of sp³-hybridized carbons (Fsp3) is 0.182. The number of hydrogen-bond donors (Lipinski definition) is 2. The Morgan fingerprint density at radius 3 is 2.79 bits per heavy atom. The minimum Gasteiger partial charge on any atom is -0.496 e. The number of carbonyl (C=O) groups excluding carboxylic acids is 1. The van der Waals surface area contributed by atoms with E-state index in [4.69, 9.17) is 16.3 Å². The number of anilines is 2. The summed E-state index contributed by atoms with van der Waals surface area (Å²) in [5, 5.41) is 6.84. The molecule has 1 heterocycles. The lowest BCUT2D eigenvalue weighted by atomic mass is 10.1. The van der Waals surface area contributed by atoms with Crippen molar-refractivity contribution in [2.45, 2.75) is 13.3 Å². The molecule has 5 nitrogen and oxygen atoms in total. The van der Waals surface area contributed by atoms with Gasteiger partial charge in [-0.05, 0) is 54.8 Å². The third-order valence-electron chi connectivity index (χ3n) is 4.34. The summed E-state index contributed by atoms with van der Waals surface area (Å²) in [4.78, 5) is 16.6. The van der Waals surface area contributed by atoms with Gasteiger partial charge in [0.1, 0.15) is 11.4 Å². The first kappa shape index (κ1) is 19.7. The molecule has 0 radical (unpaired) electrons. The highest BCUT2D eigenvalue weighted by Gasteiger charge is 2.09. The SMILES string of the molecule is COc1ccccc1CCNC(=O)c1cc(Nc2cc(Cl)ccc2C)ccn1. The van der Waals surface area contributed by atoms with Gasteiger partial charge in [0, 0.05) is 29.1 Å². The highest BCUT2D eigenvalue weighted by Crippen LogP contribution is 2.24. The number of nitrogens with one attached hydrogen (secondary N) is 2. The number of ether oxygens (including phenoxy) is 1. The molecule has 3 rings (SSSR count). The number of carbonyl (C=O) groups is 1. The summed E-state index contributed by atoms with van der Waals surface area (Å²) >= 11 is 6.07. The zero-order valence-electron chi connectivity index (χ0n) is 15.8. The molecule has 0 aliphatic rings. The fourth-order valence-electron chi connectivity index (χ4n) is 2.83. The minimum absolute atomic E-state index is 0.221. The Morgan fingerprint density at radius 1 is 1.14 bits per heavy atom. The molecule has 28 heavy (non-hydrogen) atoms. The zero-order chi connectivity index (χ0) is 19.9. The molecule has 2 aromatic carbocycles. The Bertz CT molecular complexity index is 976. The molecule has 0 fully saturated rings. The van der Waals surface area contributed by atoms with Crippen LogP contribution in [0.25, 0.3) is 0 Å². The molecule has 0 spiro atoms. The molecular weight excluding hydrogens is 374 g/mol. The molecule has 0 atom stereocenters. The third-order valence-corrected chi connectivity index (χ3v) is 4.58. The fourth-order valence-corrected chi connectivity index (χ4v) is 3.00. The van der Waals surface area contributed by atoms with Crippen LogP contribution in [-0.2, 0) is 6.42 Å². The molecule has 0 saturated heterocycles. The number of rotatable bonds is 7. The van der Waals surface area contributed by atoms with Crippen LogP contribution >= 0.6 is 11.6 Å². The summed E-state index contributed by atoms with van der Waals surface area (Å²) in [5.74, 6) is 0.597. The van der Waals surface area contributed by atoms with E-state index < -0.39 is 0 Å². The van der Waals surface area contributed by atoms with Crippen LogP contribution in [0.4, 0.5) is 11.4 Å². The summed E-state index contributed by atoms with van der Waals surface area (Å²) in [6, 6.07) is 16.9. The van der Waals surface area contributed by atoms with Crippen molar-refractivity contribution in [3.63, 3.8) is 0 Å². The molecule has 0 saturated carbocycles. The van der Waals surface area contributed by atoms with Gasteiger partial charge in [-0.25, -0.2) is 0 Å². The van der Waals surface area contributed by atoms with Gasteiger partial charge in [0.15, 0.2) is 0 Å². The van der Waals surface area contributed by atoms with Crippen molar-refractivity contribution < 1.29 is 9.53 Å². The van der Waals surface area contributed by atoms with Crippen LogP contribution in [-0.4, -0.2) is 24.5 Å². The molecule has 3 aromatic rings. The first-order chi connectivity index (χ1) is 13.6. The van der Waals surface area contributed by atoms with E-state index in [1.54, 1.807) is 19.4 Å². The van der Waals surface area contributed by atoms with Crippen molar-refractivity contribution in [1.29, 1.82) is 0 Å². The van der Waals surface area contributed by atoms with E-state index in [1.807, 2.05) is 55.5 Å². The zero-order valence-corrected chi connectivity index (χ0v) is 16.6. The number of para-hydroxylation sites is 1. The summed E-state index contributed by atoms with van der Waals surface area (Å²) in [7, 11) is 1.64. The molecule has 2 N–H and O–H groups in total. The second-order valence-electron chi connectivity index (χ2n) is 6.33. The molecule has 0 unspecified atom stereocenters. The number of hydrogen-bond acceptors (Lipinski definition) is 4. The van der Waals surface area contributed by atoms with E-state index >= 15 is 0 Å². The smallest absolute Gasteiger partial charge is 0.269 e. The number of amides is 1. The molecule has 1 amide bonds. The van der Waals surface area contributed by atoms with Crippen LogP contribution in [0, 0.1) is 6.92 Å². The topological polar surface area (TPSA) is 63.2 Å². The van der Waals surface area contributed by atoms with Crippen molar-refractivity contribution in [1.82, 2.24) is 10.3 Å². The Morgan fingerprint density at radius 2 is 1.96 bits per heavy atom. The van der Waals surface area contributed by atoms with Crippen LogP contribution in [0.5, 0.6) is 5.75 Å². The van der Waals surface area contributed by atoms with Crippen molar-refractivity contribution in [3.05, 3.63) is 82.6 Å². The predicted octanol–water partition coefficient (Wildman–Crippen LogP) is 4.77. The van der Waals surface area contributed by atoms with Crippen molar-refractivity contribution >= 4 is 28.9 Å². The number of methoxy groups -OCH3 is 1. The Balaban J connectivity index is 1.63. The molecule has 144 valence electrons. The summed E-state index contributed by atoms with van der Waals surface area (Å²) in [6.45, 7) is 2.48. The van der Waals surface area contributed by atoms with Gasteiger partial charge in [-0.1, -0.05) is 35.9 Å². The highest BCUT2D eigenvalue weighted by molar-refractivity contribution is 6.30. The quantitative estimate of drug-likeness (QED) is 0.605. The van der Waals surface area contributed by atoms with Crippen LogP contribution in [0.2, 0.25) is 5.02 Å². The van der Waals surface area contributed by atoms with Gasteiger partial charge in [-0.15, -0.1) is 0 Å². The number of benzene rings is 2. The van der Waals surface area contributed by atoms with E-state index in [9.17, 15) is 4.79 Å². The van der Waals surface area contributed by atoms with E-state index in [1.165, 1.54) is 0 Å². The lowest BCUT2D eigenvalue weighted by Crippen LogP contribution is -2.26. The molecule has 1 aromatic heterocycles. The Kier molecular flexibility index (Phi) is 6.50. The van der Waals surface area contributed by atoms with Crippen LogP contribution < -0.4 is 15.4 Å². The average Bonchev–Trinajstić information content (AvgIpc) is 2.71. The summed E-state index contributed by atoms with van der Waals surface area (Å²) in [5.41, 5.74) is 4.12. The molecular formula is C22H22ClN3O2. The maximum Gasteiger partial charge on any atom is 0.269 e. The number of pyridine rings is 1. The second kappa shape index (κ2) is 9.24. The Hall–Kier alpha value is -3.05. The molecule has 6 heteroatoms. The normalized spacial score (nSPS) is 10.4. The second-order valence-corrected chi connectivity index (χ2v) is 6.77. The van der Waals surface area contributed by atoms with Gasteiger partial charge in [0.25, 0.3) is 5.91 Å². The van der Waals surface area contributed by atoms with E-state index in [0.717, 1.165) is 28.3 Å². The number of nitrogens with zero attached hydrogens (tertiary/aromatic N) is 1. The third kappa shape index (κ3) is 5.02. The van der Waals surface area contributed by atoms with E-state index in [-0.39, 0.29) is 5.91 Å². The molecule has 0 bridgehead atoms. The lowest BCUT2D eigenvalue weighted by Gasteiger charge is -2.11. The largest absolute Gasteiger partial charge is 0.496 e. The average molecular weight is 396 g/mol. The van der Waals surface area contributed by atoms with Gasteiger partial charge < -0.3 is 15.4 Å². The van der Waals surface area contributed by atoms with Crippen LogP contribution in [0.1, 0.15) is 21.6 Å². The number of halogens is 1. The van der Waals surface area contributed by atoms with Crippen LogP contribution in [0.15, 0.2) is 60.8 Å². The first-order valence-corrected chi connectivity index (χ1v) is 9.34. The van der Waals surface area contributed by atoms with Crippen LogP contribution in [0.3, 0.4) is 0 Å².